The number of H-pyrrole nitrogens is 1. The van der Waals surface area contributed by atoms with Crippen molar-refractivity contribution >= 4 is 35.0 Å². The number of nitrogens with zero attached hydrogens (tertiary/aromatic N) is 5. The van der Waals surface area contributed by atoms with Crippen LogP contribution in [0, 0.1) is 5.82 Å². The second kappa shape index (κ2) is 12.0. The number of hydrogen-bond acceptors (Lipinski definition) is 8. The number of pyridine rings is 2. The van der Waals surface area contributed by atoms with Crippen molar-refractivity contribution in [2.75, 3.05) is 49.6 Å². The maximum atomic E-state index is 14.8. The number of anilines is 2. The molecule has 4 heterocycles. The first-order valence-corrected chi connectivity index (χ1v) is 13.2. The number of amides is 2. The number of carbonyl (C=O) groups excluding carboxylic acids is 2. The van der Waals surface area contributed by atoms with Gasteiger partial charge in [-0.25, -0.2) is 23.9 Å². The van der Waals surface area contributed by atoms with Gasteiger partial charge in [0.15, 0.2) is 0 Å². The van der Waals surface area contributed by atoms with E-state index in [1.807, 2.05) is 24.3 Å². The number of nitrogens with one attached hydrogen (secondary N) is 2. The number of aromatic nitrogens is 4. The average molecular weight is 548 g/mol. The highest BCUT2D eigenvalue weighted by Crippen LogP contribution is 2.34. The molecular weight excluding hydrogens is 517 g/mol. The number of ether oxygens (including phenoxy) is 2. The number of imidazole rings is 1. The van der Waals surface area contributed by atoms with Gasteiger partial charge in [0.2, 0.25) is 5.95 Å². The number of hydrogen-bond donors (Lipinski definition) is 2. The van der Waals surface area contributed by atoms with Crippen LogP contribution in [0.15, 0.2) is 48.8 Å². The summed E-state index contributed by atoms with van der Waals surface area (Å²) in [6.45, 7) is 6.67. The van der Waals surface area contributed by atoms with Gasteiger partial charge in [-0.05, 0) is 62.2 Å². The van der Waals surface area contributed by atoms with Crippen LogP contribution in [0.2, 0.25) is 0 Å². The van der Waals surface area contributed by atoms with Gasteiger partial charge in [-0.15, -0.1) is 0 Å². The first-order valence-electron chi connectivity index (χ1n) is 13.2. The number of carbonyl (C=O) groups is 2. The van der Waals surface area contributed by atoms with Gasteiger partial charge in [-0.3, -0.25) is 10.3 Å². The molecule has 0 spiro atoms. The van der Waals surface area contributed by atoms with Crippen molar-refractivity contribution in [2.24, 2.45) is 0 Å². The molecule has 0 saturated carbocycles. The van der Waals surface area contributed by atoms with Gasteiger partial charge in [0.25, 0.3) is 0 Å². The summed E-state index contributed by atoms with van der Waals surface area (Å²) < 4.78 is 24.9. The molecule has 1 aliphatic heterocycles. The van der Waals surface area contributed by atoms with Crippen molar-refractivity contribution in [3.05, 3.63) is 54.6 Å². The largest absolute Gasteiger partial charge is 0.450 e. The molecule has 2 amide bonds. The van der Waals surface area contributed by atoms with E-state index < -0.39 is 11.9 Å². The first kappa shape index (κ1) is 26.9. The number of aromatic amines is 1. The maximum absolute atomic E-state index is 14.8. The minimum absolute atomic E-state index is 0.142. The highest BCUT2D eigenvalue weighted by molar-refractivity contribution is 5.97. The van der Waals surface area contributed by atoms with E-state index in [0.717, 1.165) is 29.9 Å². The van der Waals surface area contributed by atoms with E-state index in [9.17, 15) is 14.0 Å². The molecule has 0 radical (unpaired) electrons. The average Bonchev–Trinajstić information content (AvgIpc) is 3.19. The number of fused-ring (bicyclic) bond motifs is 1. The lowest BCUT2D eigenvalue weighted by molar-refractivity contribution is 0.110. The minimum atomic E-state index is -0.647. The van der Waals surface area contributed by atoms with E-state index in [4.69, 9.17) is 14.5 Å². The second-order valence-electron chi connectivity index (χ2n) is 9.12. The molecule has 1 aromatic carbocycles. The van der Waals surface area contributed by atoms with E-state index in [1.165, 1.54) is 18.3 Å². The summed E-state index contributed by atoms with van der Waals surface area (Å²) in [7, 11) is 0. The predicted molar refractivity (Wildman–Crippen MR) is 149 cm³/mol. The summed E-state index contributed by atoms with van der Waals surface area (Å²) in [5.74, 6) is 0.485. The van der Waals surface area contributed by atoms with Crippen LogP contribution in [0.25, 0.3) is 33.4 Å². The molecule has 12 heteroatoms. The first-order chi connectivity index (χ1) is 19.5. The Labute approximate surface area is 230 Å². The van der Waals surface area contributed by atoms with Crippen molar-refractivity contribution in [3.63, 3.8) is 0 Å². The van der Waals surface area contributed by atoms with Gasteiger partial charge in [0.1, 0.15) is 22.8 Å². The topological polar surface area (TPSA) is 126 Å². The summed E-state index contributed by atoms with van der Waals surface area (Å²) in [5.41, 5.74) is 3.22. The molecule has 1 aliphatic rings. The second-order valence-corrected chi connectivity index (χ2v) is 9.12. The lowest BCUT2D eigenvalue weighted by Crippen LogP contribution is -2.35. The summed E-state index contributed by atoms with van der Waals surface area (Å²) in [6, 6.07) is 10.4. The fourth-order valence-electron chi connectivity index (χ4n) is 4.66. The molecule has 0 unspecified atom stereocenters. The molecule has 4 aromatic rings. The standard InChI is InChI=1S/C28H30FN7O4/c1-3-39-27(37)34-26-32-22-16-19(15-20(25(22)33-26)24-21(29)7-5-10-30-24)18-8-9-23(31-17-18)35-11-6-12-36(14-13-35)28(38)40-4-2/h5,7-10,15-17H,3-4,6,11-14H2,1-2H3,(H2,32,33,34,37). The molecule has 3 aromatic heterocycles. The number of halogens is 1. The molecule has 2 N–H and O–H groups in total. The molecule has 40 heavy (non-hydrogen) atoms. The van der Waals surface area contributed by atoms with Crippen LogP contribution in [-0.4, -0.2) is 76.4 Å². The van der Waals surface area contributed by atoms with Crippen molar-refractivity contribution in [1.29, 1.82) is 0 Å². The Morgan fingerprint density at radius 2 is 1.88 bits per heavy atom. The van der Waals surface area contributed by atoms with Crippen LogP contribution in [0.1, 0.15) is 20.3 Å². The van der Waals surface area contributed by atoms with Crippen LogP contribution in [0.4, 0.5) is 25.7 Å². The SMILES string of the molecule is CCOC(=O)Nc1nc2c(-c3ncccc3F)cc(-c3ccc(N4CCCN(C(=O)OCC)CC4)nc3)cc2[nH]1. The molecule has 208 valence electrons. The van der Waals surface area contributed by atoms with Crippen LogP contribution in [0.5, 0.6) is 0 Å². The molecule has 5 rings (SSSR count). The summed E-state index contributed by atoms with van der Waals surface area (Å²) >= 11 is 0. The summed E-state index contributed by atoms with van der Waals surface area (Å²) in [4.78, 5) is 44.4. The van der Waals surface area contributed by atoms with Gasteiger partial charge < -0.3 is 24.3 Å². The Morgan fingerprint density at radius 3 is 2.62 bits per heavy atom. The Hall–Kier alpha value is -4.74. The Bertz CT molecular complexity index is 1510. The maximum Gasteiger partial charge on any atom is 0.413 e. The van der Waals surface area contributed by atoms with E-state index in [-0.39, 0.29) is 24.3 Å². The Morgan fingerprint density at radius 1 is 1.02 bits per heavy atom. The lowest BCUT2D eigenvalue weighted by atomic mass is 10.0. The molecule has 0 atom stereocenters. The van der Waals surface area contributed by atoms with E-state index >= 15 is 0 Å². The lowest BCUT2D eigenvalue weighted by Gasteiger charge is -2.22. The van der Waals surface area contributed by atoms with Crippen molar-refractivity contribution < 1.29 is 23.5 Å². The monoisotopic (exact) mass is 547 g/mol. The Balaban J connectivity index is 1.45. The minimum Gasteiger partial charge on any atom is -0.450 e. The van der Waals surface area contributed by atoms with Gasteiger partial charge >= 0.3 is 12.2 Å². The highest BCUT2D eigenvalue weighted by atomic mass is 19.1. The van der Waals surface area contributed by atoms with Crippen LogP contribution >= 0.6 is 0 Å². The van der Waals surface area contributed by atoms with E-state index in [1.54, 1.807) is 24.9 Å². The highest BCUT2D eigenvalue weighted by Gasteiger charge is 2.21. The molecular formula is C28H30FN7O4. The van der Waals surface area contributed by atoms with Crippen molar-refractivity contribution in [1.82, 2.24) is 24.8 Å². The van der Waals surface area contributed by atoms with Gasteiger partial charge in [-0.2, -0.15) is 0 Å². The number of rotatable bonds is 6. The fraction of sp³-hybridized carbons (Fsp3) is 0.321. The molecule has 0 bridgehead atoms. The van der Waals surface area contributed by atoms with Gasteiger partial charge in [0.05, 0.1) is 18.7 Å². The third kappa shape index (κ3) is 5.80. The van der Waals surface area contributed by atoms with Gasteiger partial charge in [0, 0.05) is 49.7 Å². The van der Waals surface area contributed by atoms with Crippen molar-refractivity contribution in [3.8, 4) is 22.4 Å². The zero-order valence-electron chi connectivity index (χ0n) is 22.3. The van der Waals surface area contributed by atoms with E-state index in [2.05, 4.69) is 25.2 Å². The fourth-order valence-corrected chi connectivity index (χ4v) is 4.66. The quantitative estimate of drug-likeness (QED) is 0.343. The van der Waals surface area contributed by atoms with Crippen LogP contribution in [0.3, 0.4) is 0 Å². The summed E-state index contributed by atoms with van der Waals surface area (Å²) in [5, 5.41) is 2.56. The molecule has 1 saturated heterocycles. The molecule has 0 aliphatic carbocycles. The third-order valence-corrected chi connectivity index (χ3v) is 6.52. The zero-order chi connectivity index (χ0) is 28.1. The number of benzene rings is 1. The Kier molecular flexibility index (Phi) is 8.04. The summed E-state index contributed by atoms with van der Waals surface area (Å²) in [6.07, 6.45) is 3.15. The smallest absolute Gasteiger partial charge is 0.413 e. The van der Waals surface area contributed by atoms with Crippen molar-refractivity contribution in [2.45, 2.75) is 20.3 Å². The molecule has 11 nitrogen and oxygen atoms in total. The normalized spacial score (nSPS) is 13.7. The predicted octanol–water partition coefficient (Wildman–Crippen LogP) is 5.06. The van der Waals surface area contributed by atoms with Gasteiger partial charge in [-0.1, -0.05) is 0 Å². The zero-order valence-corrected chi connectivity index (χ0v) is 22.3. The van der Waals surface area contributed by atoms with Crippen LogP contribution < -0.4 is 10.2 Å². The van der Waals surface area contributed by atoms with E-state index in [0.29, 0.717) is 42.8 Å². The van der Waals surface area contributed by atoms with Crippen LogP contribution in [-0.2, 0) is 9.47 Å². The third-order valence-electron chi connectivity index (χ3n) is 6.52. The molecule has 1 fully saturated rings.